The lowest BCUT2D eigenvalue weighted by Gasteiger charge is -2.14. The molecule has 0 saturated heterocycles. The Balaban J connectivity index is 1.36. The van der Waals surface area contributed by atoms with Gasteiger partial charge in [0.15, 0.2) is 5.48 Å². The first-order valence-corrected chi connectivity index (χ1v) is 31.2. The van der Waals surface area contributed by atoms with Crippen LogP contribution in [0.4, 0.5) is 5.95 Å². The third-order valence-electron chi connectivity index (χ3n) is 13.9. The molecule has 1 aliphatic rings. The molecule has 1 aliphatic heterocycles. The van der Waals surface area contributed by atoms with E-state index in [9.17, 15) is 0 Å². The summed E-state index contributed by atoms with van der Waals surface area (Å²) in [5.74, 6) is 0.329. The van der Waals surface area contributed by atoms with E-state index in [-0.39, 0.29) is 5.62 Å². The largest absolute Gasteiger partial charge is 0.353 e. The van der Waals surface area contributed by atoms with Crippen molar-refractivity contribution in [3.05, 3.63) is 285 Å². The molecule has 4 N–H and O–H groups in total. The molecule has 0 aliphatic carbocycles. The second kappa shape index (κ2) is 22.3. The summed E-state index contributed by atoms with van der Waals surface area (Å²) < 4.78 is 7.58. The van der Waals surface area contributed by atoms with E-state index in [4.69, 9.17) is 20.2 Å². The standard InChI is InChI=1S/C64H36Br8N8/c65-41-17-1-33(2-18-41)49-50(34-3-19-42(66)20-4-34)59-54(38-11-27-46(70)28-12-38)61-56(40-15-31-48(72)32-16-40)75-63(76-61)78-64-77-62(79-80-64)55(39-13-29-47(71)30-14-39)60-52(36-7-23-44(68)24-8-36)51(35-5-21-43(67)22-6-35)58(74-60)53(57(49)73-59)37-9-25-45(69)26-10-37/h1-32,73-74H,(H2,75,76,77,78,79,80). The maximum Gasteiger partial charge on any atom is 0.251 e. The summed E-state index contributed by atoms with van der Waals surface area (Å²) in [6, 6.07) is 67.7. The van der Waals surface area contributed by atoms with Gasteiger partial charge in [-0.25, -0.2) is 4.98 Å². The highest BCUT2D eigenvalue weighted by molar-refractivity contribution is 9.11. The number of hydrogen-bond donors (Lipinski definition) is 4. The van der Waals surface area contributed by atoms with Gasteiger partial charge < -0.3 is 19.9 Å². The third-order valence-corrected chi connectivity index (χ3v) is 18.1. The Hall–Kier alpha value is -6.08. The van der Waals surface area contributed by atoms with Gasteiger partial charge in [-0.1, -0.05) is 225 Å². The lowest BCUT2D eigenvalue weighted by Crippen LogP contribution is -2.20. The summed E-state index contributed by atoms with van der Waals surface area (Å²) >= 11 is 30.2. The van der Waals surface area contributed by atoms with Crippen molar-refractivity contribution in [2.45, 2.75) is 0 Å². The Morgan fingerprint density at radius 3 is 1.00 bits per heavy atom. The fourth-order valence-electron chi connectivity index (χ4n) is 10.4. The Morgan fingerprint density at radius 2 is 0.588 bits per heavy atom. The Kier molecular flexibility index (Phi) is 14.9. The van der Waals surface area contributed by atoms with Crippen molar-refractivity contribution in [3.63, 3.8) is 0 Å². The number of rotatable bonds is 8. The zero-order valence-electron chi connectivity index (χ0n) is 41.3. The molecule has 0 fully saturated rings. The summed E-state index contributed by atoms with van der Waals surface area (Å²) in [6.45, 7) is 0. The minimum absolute atomic E-state index is 0.261. The summed E-state index contributed by atoms with van der Waals surface area (Å²) in [5.41, 5.74) is 17.7. The van der Waals surface area contributed by atoms with Crippen LogP contribution in [-0.2, 0) is 0 Å². The monoisotopic (exact) mass is 1550 g/mol. The normalized spacial score (nSPS) is 12.3. The fourth-order valence-corrected chi connectivity index (χ4v) is 12.5. The Bertz CT molecular complexity index is 4610. The highest BCUT2D eigenvalue weighted by Crippen LogP contribution is 2.46. The fraction of sp³-hybridized carbons (Fsp3) is 0. The molecule has 0 radical (unpaired) electrons. The van der Waals surface area contributed by atoms with E-state index < -0.39 is 0 Å². The molecule has 0 amide bonds. The highest BCUT2D eigenvalue weighted by Gasteiger charge is 2.31. The van der Waals surface area contributed by atoms with E-state index in [0.29, 0.717) is 17.1 Å². The molecule has 8 nitrogen and oxygen atoms in total. The summed E-state index contributed by atoms with van der Waals surface area (Å²) in [7, 11) is 0. The van der Waals surface area contributed by atoms with Crippen LogP contribution in [0.15, 0.2) is 235 Å². The number of imidazole rings is 1. The van der Waals surface area contributed by atoms with Crippen molar-refractivity contribution in [3.8, 4) is 55.8 Å². The van der Waals surface area contributed by atoms with Crippen molar-refractivity contribution in [2.24, 2.45) is 4.99 Å². The number of nitrogens with zero attached hydrogens (tertiary/aromatic N) is 4. The molecule has 0 saturated carbocycles. The van der Waals surface area contributed by atoms with Crippen LogP contribution in [-0.4, -0.2) is 35.1 Å². The van der Waals surface area contributed by atoms with Crippen LogP contribution in [0.3, 0.4) is 0 Å². The highest BCUT2D eigenvalue weighted by atomic mass is 79.9. The minimum atomic E-state index is 0.261. The van der Waals surface area contributed by atoms with Gasteiger partial charge in [-0.3, -0.25) is 0 Å². The van der Waals surface area contributed by atoms with Crippen molar-refractivity contribution in [1.29, 1.82) is 0 Å². The molecule has 8 bridgehead atoms. The molecular formula is C64H36Br8N8. The first-order valence-electron chi connectivity index (χ1n) is 24.9. The second-order valence-corrected chi connectivity index (χ2v) is 26.1. The quantitative estimate of drug-likeness (QED) is 0.121. The van der Waals surface area contributed by atoms with Gasteiger partial charge in [0.25, 0.3) is 5.62 Å². The third kappa shape index (κ3) is 10.4. The van der Waals surface area contributed by atoms with E-state index in [0.717, 1.165) is 147 Å². The summed E-state index contributed by atoms with van der Waals surface area (Å²) in [6.07, 6.45) is 0. The second-order valence-electron chi connectivity index (χ2n) is 18.8. The van der Waals surface area contributed by atoms with E-state index in [2.05, 4.69) is 317 Å². The van der Waals surface area contributed by atoms with Gasteiger partial charge in [0, 0.05) is 74.7 Å². The predicted octanol–water partition coefficient (Wildman–Crippen LogP) is 17.6. The molecule has 16 heteroatoms. The zero-order chi connectivity index (χ0) is 54.8. The number of benzene rings is 8. The SMILES string of the molecule is Brc1ccc(C2=c3nnc([nH]3)=Nc3nc(c(-c4ccc(Br)cc4)[nH]3)C(c3ccc(Br)cc3)=c3[nH]c(c(-c4ccc(Br)cc4)c3-c3ccc(Br)cc3)=C(c3ccc(Br)cc3)c3[nH]c2c(-c2ccc(Br)cc2)c3-c2ccc(Br)cc2)cc1. The molecule has 12 aromatic rings. The molecule has 8 aromatic carbocycles. The average molecular weight is 1560 g/mol. The van der Waals surface area contributed by atoms with Crippen LogP contribution in [0.2, 0.25) is 0 Å². The van der Waals surface area contributed by atoms with Crippen LogP contribution >= 0.6 is 127 Å². The number of halogens is 8. The number of aromatic nitrogens is 7. The summed E-state index contributed by atoms with van der Waals surface area (Å²) in [5, 5.41) is 11.4. The molecule has 4 aromatic heterocycles. The van der Waals surface area contributed by atoms with E-state index in [1.165, 1.54) is 0 Å². The summed E-state index contributed by atoms with van der Waals surface area (Å²) in [4.78, 5) is 26.4. The minimum Gasteiger partial charge on any atom is -0.353 e. The Morgan fingerprint density at radius 1 is 0.263 bits per heavy atom. The lowest BCUT2D eigenvalue weighted by atomic mass is 9.88. The number of nitrogens with one attached hydrogen (secondary N) is 4. The molecule has 0 spiro atoms. The van der Waals surface area contributed by atoms with Gasteiger partial charge in [-0.05, 0) is 136 Å². The van der Waals surface area contributed by atoms with E-state index in [1.54, 1.807) is 0 Å². The number of aromatic amines is 4. The van der Waals surface area contributed by atoms with Crippen LogP contribution in [0, 0.1) is 0 Å². The zero-order valence-corrected chi connectivity index (χ0v) is 54.0. The first-order chi connectivity index (χ1) is 38.9. The maximum absolute atomic E-state index is 5.51. The molecule has 5 heterocycles. The predicted molar refractivity (Wildman–Crippen MR) is 349 cm³/mol. The van der Waals surface area contributed by atoms with Gasteiger partial charge in [0.1, 0.15) is 5.69 Å². The smallest absolute Gasteiger partial charge is 0.251 e. The van der Waals surface area contributed by atoms with Gasteiger partial charge in [-0.15, -0.1) is 10.2 Å². The number of H-pyrrole nitrogens is 4. The number of fused-ring (bicyclic) bond motifs is 8. The molecule has 13 rings (SSSR count). The van der Waals surface area contributed by atoms with Crippen molar-refractivity contribution in [1.82, 2.24) is 35.1 Å². The average Bonchev–Trinajstić information content (AvgIpc) is 4.30. The van der Waals surface area contributed by atoms with Crippen LogP contribution in [0.5, 0.6) is 0 Å². The molecule has 0 atom stereocenters. The molecule has 388 valence electrons. The molecule has 0 unspecified atom stereocenters. The molecular weight excluding hydrogens is 1520 g/mol. The van der Waals surface area contributed by atoms with E-state index >= 15 is 0 Å². The first kappa shape index (κ1) is 53.2. The van der Waals surface area contributed by atoms with E-state index in [1.807, 2.05) is 24.3 Å². The number of hydrogen-bond acceptors (Lipinski definition) is 4. The lowest BCUT2D eigenvalue weighted by molar-refractivity contribution is 0.985. The van der Waals surface area contributed by atoms with Crippen LogP contribution in [0.25, 0.3) is 72.5 Å². The van der Waals surface area contributed by atoms with Gasteiger partial charge in [0.2, 0.25) is 5.95 Å². The van der Waals surface area contributed by atoms with Crippen LogP contribution < -0.4 is 21.8 Å². The molecule has 80 heavy (non-hydrogen) atoms. The Labute approximate surface area is 525 Å². The van der Waals surface area contributed by atoms with Crippen molar-refractivity contribution >= 4 is 150 Å². The van der Waals surface area contributed by atoms with Gasteiger partial charge >= 0.3 is 0 Å². The van der Waals surface area contributed by atoms with Gasteiger partial charge in [0.05, 0.1) is 33.4 Å². The maximum atomic E-state index is 5.51. The van der Waals surface area contributed by atoms with Gasteiger partial charge in [-0.2, -0.15) is 4.99 Å². The van der Waals surface area contributed by atoms with Crippen molar-refractivity contribution < 1.29 is 0 Å². The topological polar surface area (TPSA) is 114 Å². The van der Waals surface area contributed by atoms with Crippen molar-refractivity contribution in [2.75, 3.05) is 0 Å². The van der Waals surface area contributed by atoms with Crippen LogP contribution in [0.1, 0.15) is 33.8 Å².